The smallest absolute Gasteiger partial charge is 0.222 e. The molecule has 4 nitrogen and oxygen atoms in total. The van der Waals surface area contributed by atoms with Crippen LogP contribution in [-0.4, -0.2) is 48.4 Å². The molecule has 2 N–H and O–H groups in total. The van der Waals surface area contributed by atoms with Gasteiger partial charge in [-0.05, 0) is 32.0 Å². The number of nitrogens with zero attached hydrogens (tertiary/aromatic N) is 2. The van der Waals surface area contributed by atoms with Crippen LogP contribution in [0, 0.1) is 0 Å². The Morgan fingerprint density at radius 2 is 2.11 bits per heavy atom. The molecule has 104 valence electrons. The van der Waals surface area contributed by atoms with Crippen molar-refractivity contribution in [3.8, 4) is 0 Å². The molecule has 1 unspecified atom stereocenters. The van der Waals surface area contributed by atoms with E-state index in [1.807, 2.05) is 29.2 Å². The molecule has 1 fully saturated rings. The Morgan fingerprint density at radius 3 is 2.79 bits per heavy atom. The van der Waals surface area contributed by atoms with Crippen LogP contribution in [0.5, 0.6) is 0 Å². The third kappa shape index (κ3) is 3.47. The summed E-state index contributed by atoms with van der Waals surface area (Å²) in [5, 5.41) is 0. The quantitative estimate of drug-likeness (QED) is 0.836. The van der Waals surface area contributed by atoms with Gasteiger partial charge in [-0.25, -0.2) is 0 Å². The maximum atomic E-state index is 12.2. The van der Waals surface area contributed by atoms with E-state index in [-0.39, 0.29) is 5.91 Å². The molecule has 1 saturated heterocycles. The number of piperazine rings is 1. The van der Waals surface area contributed by atoms with Crippen molar-refractivity contribution in [1.82, 2.24) is 9.80 Å². The monoisotopic (exact) mass is 261 g/mol. The van der Waals surface area contributed by atoms with Gasteiger partial charge in [-0.3, -0.25) is 4.79 Å². The second-order valence-electron chi connectivity index (χ2n) is 5.37. The molecule has 0 saturated carbocycles. The average molecular weight is 261 g/mol. The molecule has 0 aromatic heterocycles. The van der Waals surface area contributed by atoms with Gasteiger partial charge in [0.25, 0.3) is 0 Å². The fourth-order valence-electron chi connectivity index (χ4n) is 2.44. The van der Waals surface area contributed by atoms with Crippen LogP contribution in [-0.2, 0) is 11.2 Å². The first kappa shape index (κ1) is 13.9. The molecule has 1 heterocycles. The number of carbonyl (C=O) groups is 1. The molecular formula is C15H23N3O. The zero-order valence-corrected chi connectivity index (χ0v) is 11.8. The molecular weight excluding hydrogens is 238 g/mol. The van der Waals surface area contributed by atoms with Crippen molar-refractivity contribution < 1.29 is 4.79 Å². The number of amides is 1. The highest BCUT2D eigenvalue weighted by atomic mass is 16.2. The van der Waals surface area contributed by atoms with Crippen molar-refractivity contribution in [2.24, 2.45) is 0 Å². The number of nitrogen functional groups attached to an aromatic ring is 1. The summed E-state index contributed by atoms with van der Waals surface area (Å²) in [7, 11) is 2.11. The van der Waals surface area contributed by atoms with Crippen molar-refractivity contribution >= 4 is 11.6 Å². The van der Waals surface area contributed by atoms with Gasteiger partial charge in [-0.1, -0.05) is 18.2 Å². The largest absolute Gasteiger partial charge is 0.399 e. The Hall–Kier alpha value is -1.55. The maximum absolute atomic E-state index is 12.2. The summed E-state index contributed by atoms with van der Waals surface area (Å²) in [6.07, 6.45) is 1.27. The first-order chi connectivity index (χ1) is 9.08. The molecule has 1 aliphatic heterocycles. The number of hydrogen-bond acceptors (Lipinski definition) is 3. The second-order valence-corrected chi connectivity index (χ2v) is 5.37. The molecule has 0 spiro atoms. The lowest BCUT2D eigenvalue weighted by Gasteiger charge is -2.37. The van der Waals surface area contributed by atoms with Gasteiger partial charge in [-0.2, -0.15) is 0 Å². The molecule has 1 atom stereocenters. The predicted molar refractivity (Wildman–Crippen MR) is 77.8 cm³/mol. The standard InChI is InChI=1S/C15H23N3O/c1-12-11-18(10-9-17(12)2)15(19)8-7-13-5-3-4-6-14(13)16/h3-6,12H,7-11,16H2,1-2H3. The molecule has 0 aliphatic carbocycles. The SMILES string of the molecule is CC1CN(C(=O)CCc2ccccc2N)CCN1C. The first-order valence-electron chi connectivity index (χ1n) is 6.89. The molecule has 0 radical (unpaired) electrons. The van der Waals surface area contributed by atoms with E-state index in [1.54, 1.807) is 0 Å². The number of para-hydroxylation sites is 1. The molecule has 1 aromatic rings. The number of likely N-dealkylation sites (N-methyl/N-ethyl adjacent to an activating group) is 1. The molecule has 0 bridgehead atoms. The Kier molecular flexibility index (Phi) is 4.43. The number of rotatable bonds is 3. The summed E-state index contributed by atoms with van der Waals surface area (Å²) < 4.78 is 0. The van der Waals surface area contributed by atoms with E-state index in [9.17, 15) is 4.79 Å². The third-order valence-electron chi connectivity index (χ3n) is 3.98. The Labute approximate surface area is 115 Å². The highest BCUT2D eigenvalue weighted by molar-refractivity contribution is 5.76. The van der Waals surface area contributed by atoms with Crippen LogP contribution in [0.15, 0.2) is 24.3 Å². The summed E-state index contributed by atoms with van der Waals surface area (Å²) in [6.45, 7) is 4.79. The third-order valence-corrected chi connectivity index (χ3v) is 3.98. The summed E-state index contributed by atoms with van der Waals surface area (Å²) in [5.41, 5.74) is 7.74. The molecule has 1 aromatic carbocycles. The van der Waals surface area contributed by atoms with Crippen LogP contribution < -0.4 is 5.73 Å². The lowest BCUT2D eigenvalue weighted by Crippen LogP contribution is -2.52. The minimum absolute atomic E-state index is 0.239. The van der Waals surface area contributed by atoms with E-state index >= 15 is 0 Å². The van der Waals surface area contributed by atoms with E-state index in [0.29, 0.717) is 12.5 Å². The Balaban J connectivity index is 1.87. The van der Waals surface area contributed by atoms with Crippen molar-refractivity contribution in [1.29, 1.82) is 0 Å². The van der Waals surface area contributed by atoms with Crippen molar-refractivity contribution in [2.75, 3.05) is 32.4 Å². The Bertz CT molecular complexity index is 447. The van der Waals surface area contributed by atoms with Crippen LogP contribution in [0.2, 0.25) is 0 Å². The summed E-state index contributed by atoms with van der Waals surface area (Å²) in [6, 6.07) is 8.21. The summed E-state index contributed by atoms with van der Waals surface area (Å²) >= 11 is 0. The molecule has 4 heteroatoms. The van der Waals surface area contributed by atoms with E-state index in [1.165, 1.54) is 0 Å². The first-order valence-corrected chi connectivity index (χ1v) is 6.89. The van der Waals surface area contributed by atoms with E-state index in [2.05, 4.69) is 18.9 Å². The zero-order chi connectivity index (χ0) is 13.8. The van der Waals surface area contributed by atoms with Crippen molar-refractivity contribution in [2.45, 2.75) is 25.8 Å². The highest BCUT2D eigenvalue weighted by Gasteiger charge is 2.23. The lowest BCUT2D eigenvalue weighted by molar-refractivity contribution is -0.133. The topological polar surface area (TPSA) is 49.6 Å². The lowest BCUT2D eigenvalue weighted by atomic mass is 10.1. The molecule has 1 aliphatic rings. The number of anilines is 1. The number of aryl methyl sites for hydroxylation is 1. The van der Waals surface area contributed by atoms with Gasteiger partial charge in [0.15, 0.2) is 0 Å². The van der Waals surface area contributed by atoms with Crippen LogP contribution in [0.1, 0.15) is 18.9 Å². The Morgan fingerprint density at radius 1 is 1.37 bits per heavy atom. The number of benzene rings is 1. The summed E-state index contributed by atoms with van der Waals surface area (Å²) in [5.74, 6) is 0.239. The average Bonchev–Trinajstić information content (AvgIpc) is 2.40. The van der Waals surface area contributed by atoms with Gasteiger partial charge in [0.1, 0.15) is 0 Å². The molecule has 19 heavy (non-hydrogen) atoms. The van der Waals surface area contributed by atoms with Gasteiger partial charge in [-0.15, -0.1) is 0 Å². The van der Waals surface area contributed by atoms with Crippen LogP contribution >= 0.6 is 0 Å². The van der Waals surface area contributed by atoms with Crippen LogP contribution in [0.3, 0.4) is 0 Å². The zero-order valence-electron chi connectivity index (χ0n) is 11.8. The normalized spacial score (nSPS) is 20.5. The number of nitrogens with two attached hydrogens (primary N) is 1. The minimum atomic E-state index is 0.239. The van der Waals surface area contributed by atoms with E-state index in [4.69, 9.17) is 5.73 Å². The highest BCUT2D eigenvalue weighted by Crippen LogP contribution is 2.14. The fourth-order valence-corrected chi connectivity index (χ4v) is 2.44. The van der Waals surface area contributed by atoms with Gasteiger partial charge >= 0.3 is 0 Å². The maximum Gasteiger partial charge on any atom is 0.222 e. The molecule has 2 rings (SSSR count). The number of hydrogen-bond donors (Lipinski definition) is 1. The van der Waals surface area contributed by atoms with Crippen LogP contribution in [0.4, 0.5) is 5.69 Å². The number of carbonyl (C=O) groups excluding carboxylic acids is 1. The van der Waals surface area contributed by atoms with Crippen molar-refractivity contribution in [3.05, 3.63) is 29.8 Å². The minimum Gasteiger partial charge on any atom is -0.399 e. The molecule has 1 amide bonds. The van der Waals surface area contributed by atoms with Crippen molar-refractivity contribution in [3.63, 3.8) is 0 Å². The predicted octanol–water partition coefficient (Wildman–Crippen LogP) is 1.36. The van der Waals surface area contributed by atoms with E-state index in [0.717, 1.165) is 37.3 Å². The van der Waals surface area contributed by atoms with Gasteiger partial charge in [0.05, 0.1) is 0 Å². The van der Waals surface area contributed by atoms with Gasteiger partial charge in [0.2, 0.25) is 5.91 Å². The van der Waals surface area contributed by atoms with Crippen LogP contribution in [0.25, 0.3) is 0 Å². The fraction of sp³-hybridized carbons (Fsp3) is 0.533. The summed E-state index contributed by atoms with van der Waals surface area (Å²) in [4.78, 5) is 16.5. The van der Waals surface area contributed by atoms with Gasteiger partial charge < -0.3 is 15.5 Å². The van der Waals surface area contributed by atoms with Gasteiger partial charge in [0, 0.05) is 37.8 Å². The second kappa shape index (κ2) is 6.06. The van der Waals surface area contributed by atoms with E-state index < -0.39 is 0 Å².